The fourth-order valence-corrected chi connectivity index (χ4v) is 5.69. The number of anilines is 1. The number of nitrogens with one attached hydrogen (secondary N) is 2. The fourth-order valence-electron chi connectivity index (χ4n) is 4.47. The van der Waals surface area contributed by atoms with Crippen molar-refractivity contribution in [3.8, 4) is 11.8 Å². The van der Waals surface area contributed by atoms with Gasteiger partial charge in [-0.05, 0) is 49.6 Å². The lowest BCUT2D eigenvalue weighted by Crippen LogP contribution is -2.34. The summed E-state index contributed by atoms with van der Waals surface area (Å²) in [5.74, 6) is 0.636. The summed E-state index contributed by atoms with van der Waals surface area (Å²) in [5, 5.41) is 8.48. The standard InChI is InChI=1S/C25H24ClN5O4S/c1-13-10-27-21-20-16-2-5-19(30-17(16)3-4-18(20)36-22(21)23(32)29-13)35-24-14(11-28-25(26)31-24)12-34-15-6-8-33-9-7-15/h2-5,11,13,15,27H,6-10,12H2,1H3,(H,29,32)/t13-/m1/s1. The Morgan fingerprint density at radius 1 is 1.19 bits per heavy atom. The highest BCUT2D eigenvalue weighted by molar-refractivity contribution is 7.21. The van der Waals surface area contributed by atoms with Crippen molar-refractivity contribution in [3.63, 3.8) is 0 Å². The molecule has 5 heterocycles. The monoisotopic (exact) mass is 525 g/mol. The smallest absolute Gasteiger partial charge is 0.263 e. The van der Waals surface area contributed by atoms with Crippen LogP contribution in [0.3, 0.4) is 0 Å². The number of carbonyl (C=O) groups excluding carboxylic acids is 1. The van der Waals surface area contributed by atoms with Crippen molar-refractivity contribution < 1.29 is 19.0 Å². The maximum absolute atomic E-state index is 12.7. The van der Waals surface area contributed by atoms with Gasteiger partial charge >= 0.3 is 0 Å². The van der Waals surface area contributed by atoms with E-state index in [0.717, 1.165) is 39.5 Å². The molecule has 1 amide bonds. The van der Waals surface area contributed by atoms with E-state index in [9.17, 15) is 4.79 Å². The summed E-state index contributed by atoms with van der Waals surface area (Å²) in [6.07, 6.45) is 3.45. The van der Waals surface area contributed by atoms with E-state index in [2.05, 4.69) is 20.6 Å². The number of fused-ring (bicyclic) bond motifs is 5. The Morgan fingerprint density at radius 2 is 2.06 bits per heavy atom. The molecule has 0 bridgehead atoms. The van der Waals surface area contributed by atoms with Crippen molar-refractivity contribution in [3.05, 3.63) is 46.2 Å². The Hall–Kier alpha value is -3.05. The first kappa shape index (κ1) is 23.4. The van der Waals surface area contributed by atoms with Gasteiger partial charge in [-0.25, -0.2) is 9.97 Å². The summed E-state index contributed by atoms with van der Waals surface area (Å²) >= 11 is 7.54. The third kappa shape index (κ3) is 4.57. The Morgan fingerprint density at radius 3 is 2.92 bits per heavy atom. The number of ether oxygens (including phenoxy) is 3. The molecule has 1 saturated heterocycles. The van der Waals surface area contributed by atoms with Crippen LogP contribution in [0.5, 0.6) is 11.8 Å². The van der Waals surface area contributed by atoms with Gasteiger partial charge in [0.1, 0.15) is 4.88 Å². The van der Waals surface area contributed by atoms with Crippen molar-refractivity contribution in [2.24, 2.45) is 0 Å². The summed E-state index contributed by atoms with van der Waals surface area (Å²) in [4.78, 5) is 26.5. The van der Waals surface area contributed by atoms with Crippen LogP contribution in [-0.4, -0.2) is 52.8 Å². The van der Waals surface area contributed by atoms with Crippen LogP contribution in [0.2, 0.25) is 5.28 Å². The van der Waals surface area contributed by atoms with Crippen molar-refractivity contribution in [2.75, 3.05) is 25.1 Å². The minimum atomic E-state index is -0.0547. The van der Waals surface area contributed by atoms with Crippen molar-refractivity contribution in [2.45, 2.75) is 38.5 Å². The molecule has 2 aliphatic heterocycles. The number of hydrogen-bond donors (Lipinski definition) is 2. The summed E-state index contributed by atoms with van der Waals surface area (Å²) in [7, 11) is 0. The highest BCUT2D eigenvalue weighted by Crippen LogP contribution is 2.41. The van der Waals surface area contributed by atoms with E-state index >= 15 is 0 Å². The molecule has 3 aromatic heterocycles. The zero-order chi connectivity index (χ0) is 24.6. The molecule has 0 spiro atoms. The van der Waals surface area contributed by atoms with Gasteiger partial charge in [-0.3, -0.25) is 4.79 Å². The zero-order valence-electron chi connectivity index (χ0n) is 19.5. The number of carbonyl (C=O) groups is 1. The Labute approximate surface area is 216 Å². The van der Waals surface area contributed by atoms with Crippen LogP contribution in [0.25, 0.3) is 21.0 Å². The van der Waals surface area contributed by atoms with Gasteiger partial charge in [0.15, 0.2) is 0 Å². The average molecular weight is 526 g/mol. The van der Waals surface area contributed by atoms with E-state index in [1.165, 1.54) is 11.3 Å². The number of halogens is 1. The van der Waals surface area contributed by atoms with E-state index in [4.69, 9.17) is 30.8 Å². The molecule has 0 unspecified atom stereocenters. The first-order valence-electron chi connectivity index (χ1n) is 11.8. The number of hydrogen-bond acceptors (Lipinski definition) is 9. The van der Waals surface area contributed by atoms with Crippen LogP contribution in [-0.2, 0) is 16.1 Å². The fraction of sp³-hybridized carbons (Fsp3) is 0.360. The Bertz CT molecular complexity index is 1460. The van der Waals surface area contributed by atoms with Gasteiger partial charge in [0.05, 0.1) is 29.5 Å². The van der Waals surface area contributed by atoms with Crippen LogP contribution in [0.15, 0.2) is 30.5 Å². The van der Waals surface area contributed by atoms with Crippen LogP contribution >= 0.6 is 22.9 Å². The van der Waals surface area contributed by atoms with Crippen LogP contribution in [0.4, 0.5) is 5.69 Å². The maximum Gasteiger partial charge on any atom is 0.263 e. The van der Waals surface area contributed by atoms with Gasteiger partial charge in [-0.1, -0.05) is 0 Å². The summed E-state index contributed by atoms with van der Waals surface area (Å²) < 4.78 is 18.5. The highest BCUT2D eigenvalue weighted by atomic mass is 35.5. The second-order valence-electron chi connectivity index (χ2n) is 8.91. The van der Waals surface area contributed by atoms with E-state index < -0.39 is 0 Å². The van der Waals surface area contributed by atoms with Crippen LogP contribution in [0, 0.1) is 0 Å². The number of benzene rings is 1. The highest BCUT2D eigenvalue weighted by Gasteiger charge is 2.25. The maximum atomic E-state index is 12.7. The van der Waals surface area contributed by atoms with E-state index in [1.807, 2.05) is 25.1 Å². The molecular weight excluding hydrogens is 502 g/mol. The largest absolute Gasteiger partial charge is 0.420 e. The van der Waals surface area contributed by atoms with Crippen molar-refractivity contribution in [1.82, 2.24) is 20.3 Å². The van der Waals surface area contributed by atoms with Gasteiger partial charge in [-0.2, -0.15) is 4.98 Å². The van der Waals surface area contributed by atoms with Gasteiger partial charge < -0.3 is 24.8 Å². The van der Waals surface area contributed by atoms with Gasteiger partial charge in [0.2, 0.25) is 17.0 Å². The minimum Gasteiger partial charge on any atom is -0.420 e. The summed E-state index contributed by atoms with van der Waals surface area (Å²) in [6.45, 7) is 4.34. The molecule has 2 aliphatic rings. The molecule has 1 atom stereocenters. The van der Waals surface area contributed by atoms with E-state index in [-0.39, 0.29) is 23.3 Å². The van der Waals surface area contributed by atoms with Crippen LogP contribution < -0.4 is 15.4 Å². The molecule has 4 aromatic rings. The summed E-state index contributed by atoms with van der Waals surface area (Å²) in [5.41, 5.74) is 2.30. The molecule has 36 heavy (non-hydrogen) atoms. The van der Waals surface area contributed by atoms with Crippen LogP contribution in [0.1, 0.15) is 35.0 Å². The predicted octanol–water partition coefficient (Wildman–Crippen LogP) is 4.92. The average Bonchev–Trinajstić information content (AvgIpc) is 3.20. The first-order chi connectivity index (χ1) is 17.5. The molecule has 6 rings (SSSR count). The number of thiophene rings is 1. The number of aromatic nitrogens is 3. The van der Waals surface area contributed by atoms with E-state index in [0.29, 0.717) is 48.6 Å². The van der Waals surface area contributed by atoms with Gasteiger partial charge in [0, 0.05) is 53.5 Å². The molecule has 0 radical (unpaired) electrons. The van der Waals surface area contributed by atoms with E-state index in [1.54, 1.807) is 12.3 Å². The quantitative estimate of drug-likeness (QED) is 0.353. The minimum absolute atomic E-state index is 0.0459. The number of amides is 1. The molecule has 9 nitrogen and oxygen atoms in total. The lowest BCUT2D eigenvalue weighted by atomic mass is 10.1. The SMILES string of the molecule is C[C@@H]1CNc2c(sc3ccc4nc(Oc5nc(Cl)ncc5COC5CCOCC5)ccc4c23)C(=O)N1. The molecule has 1 fully saturated rings. The first-order valence-corrected chi connectivity index (χ1v) is 13.0. The van der Waals surface area contributed by atoms with Crippen molar-refractivity contribution >= 4 is 55.5 Å². The second kappa shape index (κ2) is 9.78. The zero-order valence-corrected chi connectivity index (χ0v) is 21.1. The number of pyridine rings is 1. The second-order valence-corrected chi connectivity index (χ2v) is 10.3. The number of rotatable bonds is 5. The summed E-state index contributed by atoms with van der Waals surface area (Å²) in [6, 6.07) is 7.72. The Balaban J connectivity index is 1.31. The predicted molar refractivity (Wildman–Crippen MR) is 138 cm³/mol. The van der Waals surface area contributed by atoms with Gasteiger partial charge in [-0.15, -0.1) is 11.3 Å². The van der Waals surface area contributed by atoms with Gasteiger partial charge in [0.25, 0.3) is 5.91 Å². The topological polar surface area (TPSA) is 107 Å². The third-order valence-electron chi connectivity index (χ3n) is 6.30. The molecule has 2 N–H and O–H groups in total. The normalized spacial score (nSPS) is 18.5. The molecule has 11 heteroatoms. The third-order valence-corrected chi connectivity index (χ3v) is 7.64. The molecule has 1 aromatic carbocycles. The molecule has 0 aliphatic carbocycles. The lowest BCUT2D eigenvalue weighted by molar-refractivity contribution is -0.0395. The molecule has 186 valence electrons. The number of nitrogens with zero attached hydrogens (tertiary/aromatic N) is 3. The molecule has 0 saturated carbocycles. The Kier molecular flexibility index (Phi) is 6.34. The van der Waals surface area contributed by atoms with Crippen molar-refractivity contribution in [1.29, 1.82) is 0 Å². The molecular formula is C25H24ClN5O4S. The lowest BCUT2D eigenvalue weighted by Gasteiger charge is -2.22.